The van der Waals surface area contributed by atoms with Crippen molar-refractivity contribution in [2.24, 2.45) is 0 Å². The predicted octanol–water partition coefficient (Wildman–Crippen LogP) is 2.89. The Morgan fingerprint density at radius 2 is 1.96 bits per heavy atom. The average molecular weight is 313 g/mol. The second kappa shape index (κ2) is 6.28. The molecule has 0 bridgehead atoms. The molecular formula is C18H19NO4. The molecule has 0 atom stereocenters. The summed E-state index contributed by atoms with van der Waals surface area (Å²) in [5.74, 6) is -0.568. The summed E-state index contributed by atoms with van der Waals surface area (Å²) in [7, 11) is 0. The Morgan fingerprint density at radius 3 is 2.61 bits per heavy atom. The van der Waals surface area contributed by atoms with Gasteiger partial charge in [0.05, 0.1) is 11.8 Å². The van der Waals surface area contributed by atoms with Gasteiger partial charge in [-0.3, -0.25) is 9.59 Å². The van der Waals surface area contributed by atoms with E-state index in [2.05, 4.69) is 17.4 Å². The highest BCUT2D eigenvalue weighted by Gasteiger charge is 2.32. The molecule has 1 saturated carbocycles. The second-order valence-electron chi connectivity index (χ2n) is 6.04. The summed E-state index contributed by atoms with van der Waals surface area (Å²) in [5.41, 5.74) is 2.32. The molecule has 23 heavy (non-hydrogen) atoms. The van der Waals surface area contributed by atoms with Crippen LogP contribution in [0.2, 0.25) is 0 Å². The molecule has 0 saturated heterocycles. The van der Waals surface area contributed by atoms with Crippen molar-refractivity contribution in [1.29, 1.82) is 0 Å². The molecule has 2 aromatic rings. The third-order valence-corrected chi connectivity index (χ3v) is 4.33. The normalized spacial score (nSPS) is 19.9. The summed E-state index contributed by atoms with van der Waals surface area (Å²) >= 11 is 0. The molecule has 1 aromatic heterocycles. The molecule has 1 amide bonds. The number of carbonyl (C=O) groups is 2. The number of aryl methyl sites for hydroxylation is 1. The van der Waals surface area contributed by atoms with E-state index in [1.165, 1.54) is 11.8 Å². The Labute approximate surface area is 134 Å². The van der Waals surface area contributed by atoms with Gasteiger partial charge in [-0.05, 0) is 31.2 Å². The first kappa shape index (κ1) is 15.3. The number of benzene rings is 1. The molecule has 1 heterocycles. The molecule has 5 heteroatoms. The van der Waals surface area contributed by atoms with Gasteiger partial charge in [0.25, 0.3) is 5.91 Å². The number of hydrogen-bond acceptors (Lipinski definition) is 3. The lowest BCUT2D eigenvalue weighted by molar-refractivity contribution is -0.136. The zero-order valence-electron chi connectivity index (χ0n) is 12.9. The van der Waals surface area contributed by atoms with E-state index in [0.29, 0.717) is 17.0 Å². The molecule has 0 spiro atoms. The van der Waals surface area contributed by atoms with Crippen molar-refractivity contribution < 1.29 is 19.1 Å². The van der Waals surface area contributed by atoms with Crippen LogP contribution in [0.25, 0.3) is 0 Å². The summed E-state index contributed by atoms with van der Waals surface area (Å²) in [6, 6.07) is 10.4. The van der Waals surface area contributed by atoms with Crippen LogP contribution in [0.5, 0.6) is 0 Å². The van der Waals surface area contributed by atoms with Gasteiger partial charge in [-0.25, -0.2) is 0 Å². The maximum absolute atomic E-state index is 12.4. The number of hydrogen-bond donors (Lipinski definition) is 2. The summed E-state index contributed by atoms with van der Waals surface area (Å²) in [6.07, 6.45) is 2.95. The molecule has 3 rings (SSSR count). The lowest BCUT2D eigenvalue weighted by Gasteiger charge is -2.36. The van der Waals surface area contributed by atoms with Crippen LogP contribution in [0.1, 0.15) is 46.0 Å². The van der Waals surface area contributed by atoms with E-state index in [4.69, 9.17) is 9.52 Å². The average Bonchev–Trinajstić information content (AvgIpc) is 2.83. The molecule has 5 nitrogen and oxygen atoms in total. The fourth-order valence-electron chi connectivity index (χ4n) is 3.06. The van der Waals surface area contributed by atoms with Crippen molar-refractivity contribution in [3.05, 3.63) is 59.0 Å². The van der Waals surface area contributed by atoms with Crippen LogP contribution in [0.3, 0.4) is 0 Å². The van der Waals surface area contributed by atoms with Crippen molar-refractivity contribution in [1.82, 2.24) is 5.32 Å². The minimum Gasteiger partial charge on any atom is -0.481 e. The zero-order valence-corrected chi connectivity index (χ0v) is 12.9. The Kier molecular flexibility index (Phi) is 4.19. The highest BCUT2D eigenvalue weighted by molar-refractivity contribution is 5.97. The fourth-order valence-corrected chi connectivity index (χ4v) is 3.06. The Bertz CT molecular complexity index is 714. The largest absolute Gasteiger partial charge is 0.481 e. The molecule has 0 radical (unpaired) electrons. The summed E-state index contributed by atoms with van der Waals surface area (Å²) in [5, 5.41) is 11.9. The van der Waals surface area contributed by atoms with E-state index >= 15 is 0 Å². The van der Waals surface area contributed by atoms with Crippen LogP contribution in [-0.4, -0.2) is 23.0 Å². The van der Waals surface area contributed by atoms with E-state index in [9.17, 15) is 9.59 Å². The standard InChI is InChI=1S/C18H19NO4/c1-11-10-23-15(9-16(20)21)17(11)18(22)19-14-7-13(8-14)12-5-3-2-4-6-12/h2-6,10,13-14H,7-9H2,1H3,(H,19,22)(H,20,21). The molecule has 0 aliphatic heterocycles. The van der Waals surface area contributed by atoms with Gasteiger partial charge in [-0.1, -0.05) is 30.3 Å². The number of rotatable bonds is 5. The number of carbonyl (C=O) groups excluding carboxylic acids is 1. The van der Waals surface area contributed by atoms with Crippen molar-refractivity contribution in [3.63, 3.8) is 0 Å². The molecule has 120 valence electrons. The number of carboxylic acid groups (broad SMARTS) is 1. The van der Waals surface area contributed by atoms with Crippen LogP contribution in [0.4, 0.5) is 0 Å². The smallest absolute Gasteiger partial charge is 0.311 e. The van der Waals surface area contributed by atoms with Gasteiger partial charge in [0.1, 0.15) is 12.2 Å². The molecule has 1 aliphatic rings. The van der Waals surface area contributed by atoms with E-state index in [-0.39, 0.29) is 24.1 Å². The fraction of sp³-hybridized carbons (Fsp3) is 0.333. The SMILES string of the molecule is Cc1coc(CC(=O)O)c1C(=O)NC1CC(c2ccccc2)C1. The Morgan fingerprint density at radius 1 is 1.26 bits per heavy atom. The van der Waals surface area contributed by atoms with Crippen LogP contribution < -0.4 is 5.32 Å². The minimum absolute atomic E-state index is 0.125. The first-order valence-corrected chi connectivity index (χ1v) is 7.69. The lowest BCUT2D eigenvalue weighted by atomic mass is 9.76. The zero-order chi connectivity index (χ0) is 16.4. The molecular weight excluding hydrogens is 294 g/mol. The lowest BCUT2D eigenvalue weighted by Crippen LogP contribution is -2.43. The van der Waals surface area contributed by atoms with E-state index in [1.54, 1.807) is 6.92 Å². The van der Waals surface area contributed by atoms with Crippen molar-refractivity contribution >= 4 is 11.9 Å². The first-order chi connectivity index (χ1) is 11.0. The summed E-state index contributed by atoms with van der Waals surface area (Å²) < 4.78 is 5.21. The molecule has 1 aliphatic carbocycles. The Balaban J connectivity index is 1.61. The van der Waals surface area contributed by atoms with Crippen molar-refractivity contribution in [3.8, 4) is 0 Å². The highest BCUT2D eigenvalue weighted by Crippen LogP contribution is 2.37. The Hall–Kier alpha value is -2.56. The van der Waals surface area contributed by atoms with Crippen LogP contribution >= 0.6 is 0 Å². The first-order valence-electron chi connectivity index (χ1n) is 7.69. The van der Waals surface area contributed by atoms with E-state index < -0.39 is 5.97 Å². The number of amides is 1. The summed E-state index contributed by atoms with van der Waals surface area (Å²) in [6.45, 7) is 1.75. The van der Waals surface area contributed by atoms with E-state index in [1.807, 2.05) is 18.2 Å². The van der Waals surface area contributed by atoms with Gasteiger partial charge >= 0.3 is 5.97 Å². The maximum atomic E-state index is 12.4. The summed E-state index contributed by atoms with van der Waals surface area (Å²) in [4.78, 5) is 23.3. The van der Waals surface area contributed by atoms with Gasteiger partial charge in [0.15, 0.2) is 0 Å². The topological polar surface area (TPSA) is 79.5 Å². The van der Waals surface area contributed by atoms with Gasteiger partial charge in [0.2, 0.25) is 0 Å². The molecule has 1 fully saturated rings. The molecule has 1 aromatic carbocycles. The number of carboxylic acids is 1. The van der Waals surface area contributed by atoms with Gasteiger partial charge < -0.3 is 14.8 Å². The van der Waals surface area contributed by atoms with Gasteiger partial charge in [-0.15, -0.1) is 0 Å². The van der Waals surface area contributed by atoms with Crippen LogP contribution in [0.15, 0.2) is 41.0 Å². The third-order valence-electron chi connectivity index (χ3n) is 4.33. The van der Waals surface area contributed by atoms with Crippen LogP contribution in [0, 0.1) is 6.92 Å². The molecule has 2 N–H and O–H groups in total. The quantitative estimate of drug-likeness (QED) is 0.889. The second-order valence-corrected chi connectivity index (χ2v) is 6.04. The van der Waals surface area contributed by atoms with Gasteiger partial charge in [-0.2, -0.15) is 0 Å². The van der Waals surface area contributed by atoms with Crippen LogP contribution in [-0.2, 0) is 11.2 Å². The third kappa shape index (κ3) is 3.28. The molecule has 0 unspecified atom stereocenters. The predicted molar refractivity (Wildman–Crippen MR) is 84.5 cm³/mol. The maximum Gasteiger partial charge on any atom is 0.311 e. The number of furan rings is 1. The van der Waals surface area contributed by atoms with Gasteiger partial charge in [0, 0.05) is 11.6 Å². The minimum atomic E-state index is -1.01. The monoisotopic (exact) mass is 313 g/mol. The van der Waals surface area contributed by atoms with E-state index in [0.717, 1.165) is 12.8 Å². The van der Waals surface area contributed by atoms with Crippen molar-refractivity contribution in [2.45, 2.75) is 38.1 Å². The highest BCUT2D eigenvalue weighted by atomic mass is 16.4. The number of aliphatic carboxylic acids is 1. The number of nitrogens with one attached hydrogen (secondary N) is 1. The van der Waals surface area contributed by atoms with Crippen molar-refractivity contribution in [2.75, 3.05) is 0 Å².